The van der Waals surface area contributed by atoms with Crippen LogP contribution in [0.4, 0.5) is 14.5 Å². The maximum atomic E-state index is 13.1. The monoisotopic (exact) mass is 305 g/mol. The average Bonchev–Trinajstić information content (AvgIpc) is 2.45. The Balaban J connectivity index is 1.98. The van der Waals surface area contributed by atoms with Gasteiger partial charge in [-0.2, -0.15) is 0 Å². The third-order valence-electron chi connectivity index (χ3n) is 3.35. The second kappa shape index (κ2) is 6.56. The first kappa shape index (κ1) is 15.9. The molecule has 116 valence electrons. The average molecular weight is 305 g/mol. The van der Waals surface area contributed by atoms with Crippen LogP contribution in [0.2, 0.25) is 0 Å². The molecule has 0 radical (unpaired) electrons. The van der Waals surface area contributed by atoms with Crippen molar-refractivity contribution in [3.63, 3.8) is 0 Å². The number of anilines is 1. The van der Waals surface area contributed by atoms with E-state index in [9.17, 15) is 13.6 Å². The molecule has 1 N–H and O–H groups in total. The van der Waals surface area contributed by atoms with Crippen LogP contribution in [0.5, 0.6) is 5.75 Å². The van der Waals surface area contributed by atoms with Gasteiger partial charge in [0.2, 0.25) is 0 Å². The Morgan fingerprint density at radius 3 is 2.36 bits per heavy atom. The Bertz CT molecular complexity index is 714. The van der Waals surface area contributed by atoms with Crippen LogP contribution in [0.15, 0.2) is 30.3 Å². The minimum absolute atomic E-state index is 0.185. The van der Waals surface area contributed by atoms with Crippen molar-refractivity contribution in [2.75, 3.05) is 11.9 Å². The molecule has 5 heteroatoms. The molecule has 0 fully saturated rings. The Kier molecular flexibility index (Phi) is 4.75. The fraction of sp³-hybridized carbons (Fsp3) is 0.235. The summed E-state index contributed by atoms with van der Waals surface area (Å²) < 4.78 is 31.3. The summed E-state index contributed by atoms with van der Waals surface area (Å²) in [4.78, 5) is 11.8. The highest BCUT2D eigenvalue weighted by Crippen LogP contribution is 2.22. The summed E-state index contributed by atoms with van der Waals surface area (Å²) in [6.45, 7) is 5.66. The molecule has 0 aliphatic rings. The minimum atomic E-state index is -1.01. The number of hydrogen-bond acceptors (Lipinski definition) is 2. The van der Waals surface area contributed by atoms with Crippen molar-refractivity contribution >= 4 is 11.6 Å². The van der Waals surface area contributed by atoms with Crippen molar-refractivity contribution in [2.45, 2.75) is 20.8 Å². The number of rotatable bonds is 4. The van der Waals surface area contributed by atoms with Gasteiger partial charge in [-0.15, -0.1) is 0 Å². The van der Waals surface area contributed by atoms with Crippen molar-refractivity contribution < 1.29 is 18.3 Å². The Labute approximate surface area is 127 Å². The predicted molar refractivity (Wildman–Crippen MR) is 81.1 cm³/mol. The van der Waals surface area contributed by atoms with Gasteiger partial charge in [-0.3, -0.25) is 4.79 Å². The third-order valence-corrected chi connectivity index (χ3v) is 3.35. The molecular formula is C17H17F2NO2. The van der Waals surface area contributed by atoms with Crippen molar-refractivity contribution in [2.24, 2.45) is 0 Å². The first-order valence-electron chi connectivity index (χ1n) is 6.82. The predicted octanol–water partition coefficient (Wildman–Crippen LogP) is 3.91. The zero-order valence-corrected chi connectivity index (χ0v) is 12.7. The van der Waals surface area contributed by atoms with Gasteiger partial charge in [-0.1, -0.05) is 6.07 Å². The molecule has 0 bridgehead atoms. The number of aryl methyl sites for hydroxylation is 3. The molecule has 0 saturated heterocycles. The van der Waals surface area contributed by atoms with E-state index in [2.05, 4.69) is 5.32 Å². The first-order valence-corrected chi connectivity index (χ1v) is 6.82. The molecule has 0 spiro atoms. The van der Waals surface area contributed by atoms with E-state index in [1.807, 2.05) is 32.9 Å². The largest absolute Gasteiger partial charge is 0.483 e. The van der Waals surface area contributed by atoms with Crippen LogP contribution in [0.3, 0.4) is 0 Å². The lowest BCUT2D eigenvalue weighted by Crippen LogP contribution is -2.20. The van der Waals surface area contributed by atoms with Gasteiger partial charge < -0.3 is 10.1 Å². The standard InChI is InChI=1S/C17H17F2NO2/c1-10-6-12(3)16(7-11(10)2)22-9-17(21)20-13-4-5-14(18)15(19)8-13/h4-8H,9H2,1-3H3,(H,20,21). The molecule has 1 amide bonds. The van der Waals surface area contributed by atoms with E-state index in [4.69, 9.17) is 4.74 Å². The Hall–Kier alpha value is -2.43. The first-order chi connectivity index (χ1) is 10.4. The second-order valence-corrected chi connectivity index (χ2v) is 5.17. The Morgan fingerprint density at radius 1 is 1.00 bits per heavy atom. The van der Waals surface area contributed by atoms with E-state index in [0.717, 1.165) is 28.8 Å². The SMILES string of the molecule is Cc1cc(C)c(OCC(=O)Nc2ccc(F)c(F)c2)cc1C. The van der Waals surface area contributed by atoms with Crippen LogP contribution in [-0.2, 0) is 4.79 Å². The molecule has 0 heterocycles. The van der Waals surface area contributed by atoms with E-state index in [1.165, 1.54) is 6.07 Å². The summed E-state index contributed by atoms with van der Waals surface area (Å²) in [5.74, 6) is -1.78. The molecule has 22 heavy (non-hydrogen) atoms. The summed E-state index contributed by atoms with van der Waals surface area (Å²) >= 11 is 0. The fourth-order valence-corrected chi connectivity index (χ4v) is 2.00. The van der Waals surface area contributed by atoms with Crippen molar-refractivity contribution in [1.29, 1.82) is 0 Å². The maximum absolute atomic E-state index is 13.1. The number of nitrogens with one attached hydrogen (secondary N) is 1. The highest BCUT2D eigenvalue weighted by molar-refractivity contribution is 5.91. The maximum Gasteiger partial charge on any atom is 0.262 e. The zero-order chi connectivity index (χ0) is 16.3. The molecular weight excluding hydrogens is 288 g/mol. The van der Waals surface area contributed by atoms with E-state index >= 15 is 0 Å². The molecule has 0 unspecified atom stereocenters. The lowest BCUT2D eigenvalue weighted by Gasteiger charge is -2.12. The number of hydrogen-bond donors (Lipinski definition) is 1. The third kappa shape index (κ3) is 3.81. The number of amides is 1. The van der Waals surface area contributed by atoms with E-state index in [1.54, 1.807) is 0 Å². The quantitative estimate of drug-likeness (QED) is 0.930. The topological polar surface area (TPSA) is 38.3 Å². The number of ether oxygens (including phenoxy) is 1. The Morgan fingerprint density at radius 2 is 1.68 bits per heavy atom. The summed E-state index contributed by atoms with van der Waals surface area (Å²) in [7, 11) is 0. The fourth-order valence-electron chi connectivity index (χ4n) is 2.00. The van der Waals surface area contributed by atoms with Gasteiger partial charge in [0.05, 0.1) is 0 Å². The molecule has 2 aromatic rings. The molecule has 3 nitrogen and oxygen atoms in total. The molecule has 0 aliphatic heterocycles. The van der Waals surface area contributed by atoms with Gasteiger partial charge in [0.1, 0.15) is 5.75 Å². The second-order valence-electron chi connectivity index (χ2n) is 5.17. The van der Waals surface area contributed by atoms with Crippen LogP contribution < -0.4 is 10.1 Å². The van der Waals surface area contributed by atoms with Crippen molar-refractivity contribution in [3.8, 4) is 5.75 Å². The van der Waals surface area contributed by atoms with Crippen molar-refractivity contribution in [3.05, 3.63) is 58.7 Å². The van der Waals surface area contributed by atoms with Crippen LogP contribution in [0.25, 0.3) is 0 Å². The lowest BCUT2D eigenvalue weighted by atomic mass is 10.1. The van der Waals surface area contributed by atoms with Gasteiger partial charge in [0.25, 0.3) is 5.91 Å². The normalized spacial score (nSPS) is 10.4. The smallest absolute Gasteiger partial charge is 0.262 e. The number of halogens is 2. The van der Waals surface area contributed by atoms with Gasteiger partial charge in [0, 0.05) is 11.8 Å². The van der Waals surface area contributed by atoms with Gasteiger partial charge in [-0.25, -0.2) is 8.78 Å². The summed E-state index contributed by atoms with van der Waals surface area (Å²) in [5.41, 5.74) is 3.34. The van der Waals surface area contributed by atoms with Crippen LogP contribution >= 0.6 is 0 Å². The van der Waals surface area contributed by atoms with Gasteiger partial charge in [0.15, 0.2) is 18.2 Å². The summed E-state index contributed by atoms with van der Waals surface area (Å²) in [6, 6.07) is 7.03. The van der Waals surface area contributed by atoms with Gasteiger partial charge >= 0.3 is 0 Å². The minimum Gasteiger partial charge on any atom is -0.483 e. The molecule has 0 aromatic heterocycles. The van der Waals surface area contributed by atoms with Crippen molar-refractivity contribution in [1.82, 2.24) is 0 Å². The number of benzene rings is 2. The van der Waals surface area contributed by atoms with Crippen LogP contribution in [0.1, 0.15) is 16.7 Å². The van der Waals surface area contributed by atoms with E-state index in [0.29, 0.717) is 5.75 Å². The molecule has 0 aliphatic carbocycles. The van der Waals surface area contributed by atoms with E-state index < -0.39 is 17.5 Å². The lowest BCUT2D eigenvalue weighted by molar-refractivity contribution is -0.118. The van der Waals surface area contributed by atoms with Crippen LogP contribution in [-0.4, -0.2) is 12.5 Å². The zero-order valence-electron chi connectivity index (χ0n) is 12.7. The molecule has 0 atom stereocenters. The highest BCUT2D eigenvalue weighted by Gasteiger charge is 2.09. The molecule has 2 aromatic carbocycles. The number of carbonyl (C=O) groups excluding carboxylic acids is 1. The van der Waals surface area contributed by atoms with E-state index in [-0.39, 0.29) is 12.3 Å². The van der Waals surface area contributed by atoms with Gasteiger partial charge in [-0.05, 0) is 55.7 Å². The van der Waals surface area contributed by atoms with Crippen LogP contribution in [0, 0.1) is 32.4 Å². The highest BCUT2D eigenvalue weighted by atomic mass is 19.2. The summed E-state index contributed by atoms with van der Waals surface area (Å²) in [6.07, 6.45) is 0. The molecule has 2 rings (SSSR count). The molecule has 0 saturated carbocycles. The number of carbonyl (C=O) groups is 1. The summed E-state index contributed by atoms with van der Waals surface area (Å²) in [5, 5.41) is 2.46.